The Bertz CT molecular complexity index is 871. The highest BCUT2D eigenvalue weighted by Crippen LogP contribution is 2.34. The van der Waals surface area contributed by atoms with Gasteiger partial charge < -0.3 is 20.1 Å². The lowest BCUT2D eigenvalue weighted by Gasteiger charge is -2.09. The number of anilines is 4. The smallest absolute Gasteiger partial charge is 0.231 e. The maximum Gasteiger partial charge on any atom is 0.231 e. The van der Waals surface area contributed by atoms with Gasteiger partial charge in [-0.05, 0) is 42.5 Å². The predicted molar refractivity (Wildman–Crippen MR) is 95.3 cm³/mol. The molecule has 0 unspecified atom stereocenters. The third-order valence-corrected chi connectivity index (χ3v) is 3.93. The van der Waals surface area contributed by atoms with Crippen LogP contribution in [0.2, 0.25) is 0 Å². The van der Waals surface area contributed by atoms with Crippen molar-refractivity contribution >= 4 is 39.1 Å². The molecule has 0 atom stereocenters. The SMILES string of the molecule is Brc1ccc(Nc2ccnc(Nc3ccc4c(c3)OCO4)n2)cc1. The highest BCUT2D eigenvalue weighted by Gasteiger charge is 2.13. The molecule has 1 aliphatic heterocycles. The van der Waals surface area contributed by atoms with Gasteiger partial charge in [-0.15, -0.1) is 0 Å². The molecule has 0 saturated heterocycles. The number of aromatic nitrogens is 2. The number of hydrogen-bond acceptors (Lipinski definition) is 6. The minimum atomic E-state index is 0.252. The van der Waals surface area contributed by atoms with Crippen molar-refractivity contribution in [2.24, 2.45) is 0 Å². The van der Waals surface area contributed by atoms with Crippen LogP contribution in [0.5, 0.6) is 11.5 Å². The first-order valence-electron chi connectivity index (χ1n) is 7.29. The van der Waals surface area contributed by atoms with Crippen LogP contribution < -0.4 is 20.1 Å². The van der Waals surface area contributed by atoms with Crippen LogP contribution >= 0.6 is 15.9 Å². The Morgan fingerprint density at radius 2 is 1.67 bits per heavy atom. The molecule has 24 heavy (non-hydrogen) atoms. The molecule has 3 aromatic rings. The van der Waals surface area contributed by atoms with Crippen LogP contribution in [-0.4, -0.2) is 16.8 Å². The molecular weight excluding hydrogens is 372 g/mol. The highest BCUT2D eigenvalue weighted by molar-refractivity contribution is 9.10. The maximum atomic E-state index is 5.37. The first kappa shape index (κ1) is 14.8. The first-order valence-corrected chi connectivity index (χ1v) is 8.08. The number of benzene rings is 2. The third kappa shape index (κ3) is 3.26. The van der Waals surface area contributed by atoms with Gasteiger partial charge in [0.05, 0.1) is 0 Å². The molecule has 4 rings (SSSR count). The van der Waals surface area contributed by atoms with Gasteiger partial charge in [0.25, 0.3) is 0 Å². The van der Waals surface area contributed by atoms with Gasteiger partial charge in [0, 0.05) is 28.1 Å². The van der Waals surface area contributed by atoms with Crippen LogP contribution in [-0.2, 0) is 0 Å². The van der Waals surface area contributed by atoms with Crippen LogP contribution in [0, 0.1) is 0 Å². The number of ether oxygens (including phenoxy) is 2. The summed E-state index contributed by atoms with van der Waals surface area (Å²) >= 11 is 3.42. The highest BCUT2D eigenvalue weighted by atomic mass is 79.9. The van der Waals surface area contributed by atoms with E-state index in [-0.39, 0.29) is 6.79 Å². The second kappa shape index (κ2) is 6.37. The Morgan fingerprint density at radius 3 is 2.54 bits per heavy atom. The van der Waals surface area contributed by atoms with Crippen molar-refractivity contribution < 1.29 is 9.47 Å². The van der Waals surface area contributed by atoms with Gasteiger partial charge in [-0.3, -0.25) is 0 Å². The Labute approximate surface area is 147 Å². The Balaban J connectivity index is 1.51. The third-order valence-electron chi connectivity index (χ3n) is 3.40. The van der Waals surface area contributed by atoms with Crippen LogP contribution in [0.4, 0.5) is 23.1 Å². The summed E-state index contributed by atoms with van der Waals surface area (Å²) in [6, 6.07) is 15.3. The molecule has 0 radical (unpaired) electrons. The standard InChI is InChI=1S/C17H13BrN4O2/c18-11-1-3-12(4-2-11)20-16-7-8-19-17(22-16)21-13-5-6-14-15(9-13)24-10-23-14/h1-9H,10H2,(H2,19,20,21,22). The quantitative estimate of drug-likeness (QED) is 0.692. The summed E-state index contributed by atoms with van der Waals surface area (Å²) in [6.07, 6.45) is 1.70. The van der Waals surface area contributed by atoms with E-state index in [1.165, 1.54) is 0 Å². The minimum absolute atomic E-state index is 0.252. The van der Waals surface area contributed by atoms with Gasteiger partial charge in [-0.25, -0.2) is 4.98 Å². The molecule has 0 saturated carbocycles. The molecular formula is C17H13BrN4O2. The normalized spacial score (nSPS) is 12.0. The van der Waals surface area contributed by atoms with Crippen LogP contribution in [0.1, 0.15) is 0 Å². The van der Waals surface area contributed by atoms with Crippen LogP contribution in [0.25, 0.3) is 0 Å². The largest absolute Gasteiger partial charge is 0.454 e. The minimum Gasteiger partial charge on any atom is -0.454 e. The van der Waals surface area contributed by atoms with Crippen LogP contribution in [0.15, 0.2) is 59.2 Å². The number of nitrogens with one attached hydrogen (secondary N) is 2. The van der Waals surface area contributed by atoms with Crippen molar-refractivity contribution in [3.05, 3.63) is 59.2 Å². The van der Waals surface area contributed by atoms with E-state index in [4.69, 9.17) is 9.47 Å². The van der Waals surface area contributed by atoms with E-state index >= 15 is 0 Å². The fourth-order valence-electron chi connectivity index (χ4n) is 2.27. The first-order chi connectivity index (χ1) is 11.8. The summed E-state index contributed by atoms with van der Waals surface area (Å²) < 4.78 is 11.7. The summed E-state index contributed by atoms with van der Waals surface area (Å²) in [4.78, 5) is 8.70. The van der Waals surface area contributed by atoms with Crippen molar-refractivity contribution in [1.82, 2.24) is 9.97 Å². The van der Waals surface area contributed by atoms with Gasteiger partial charge in [0.15, 0.2) is 11.5 Å². The van der Waals surface area contributed by atoms with Gasteiger partial charge >= 0.3 is 0 Å². The van der Waals surface area contributed by atoms with Crippen molar-refractivity contribution in [2.45, 2.75) is 0 Å². The fourth-order valence-corrected chi connectivity index (χ4v) is 2.54. The second-order valence-electron chi connectivity index (χ2n) is 5.09. The predicted octanol–water partition coefficient (Wildman–Crippen LogP) is 4.46. The number of nitrogens with zero attached hydrogens (tertiary/aromatic N) is 2. The number of rotatable bonds is 4. The number of hydrogen-bond donors (Lipinski definition) is 2. The molecule has 0 bridgehead atoms. The van der Waals surface area contributed by atoms with Gasteiger partial charge in [-0.2, -0.15) is 4.98 Å². The molecule has 2 aromatic carbocycles. The summed E-state index contributed by atoms with van der Waals surface area (Å²) in [6.45, 7) is 0.252. The van der Waals surface area contributed by atoms with E-state index in [1.54, 1.807) is 6.20 Å². The van der Waals surface area contributed by atoms with Crippen molar-refractivity contribution in [2.75, 3.05) is 17.4 Å². The molecule has 120 valence electrons. The Morgan fingerprint density at radius 1 is 0.875 bits per heavy atom. The van der Waals surface area contributed by atoms with Gasteiger partial charge in [0.2, 0.25) is 12.7 Å². The summed E-state index contributed by atoms with van der Waals surface area (Å²) in [5, 5.41) is 6.41. The maximum absolute atomic E-state index is 5.37. The lowest BCUT2D eigenvalue weighted by Crippen LogP contribution is -2.00. The summed E-state index contributed by atoms with van der Waals surface area (Å²) in [5.41, 5.74) is 1.78. The molecule has 0 spiro atoms. The van der Waals surface area contributed by atoms with Crippen molar-refractivity contribution in [3.63, 3.8) is 0 Å². The van der Waals surface area contributed by atoms with E-state index in [0.29, 0.717) is 17.5 Å². The summed E-state index contributed by atoms with van der Waals surface area (Å²) in [5.74, 6) is 2.66. The molecule has 0 aliphatic carbocycles. The topological polar surface area (TPSA) is 68.3 Å². The molecule has 7 heteroatoms. The van der Waals surface area contributed by atoms with Crippen molar-refractivity contribution in [1.29, 1.82) is 0 Å². The van der Waals surface area contributed by atoms with E-state index in [2.05, 4.69) is 36.5 Å². The van der Waals surface area contributed by atoms with Crippen molar-refractivity contribution in [3.8, 4) is 11.5 Å². The average molecular weight is 385 g/mol. The number of fused-ring (bicyclic) bond motifs is 1. The molecule has 6 nitrogen and oxygen atoms in total. The van der Waals surface area contributed by atoms with E-state index in [9.17, 15) is 0 Å². The molecule has 2 N–H and O–H groups in total. The fraction of sp³-hybridized carbons (Fsp3) is 0.0588. The zero-order valence-corrected chi connectivity index (χ0v) is 14.1. The Hall–Kier alpha value is -2.80. The van der Waals surface area contributed by atoms with Gasteiger partial charge in [-0.1, -0.05) is 15.9 Å². The molecule has 0 fully saturated rings. The molecule has 0 amide bonds. The van der Waals surface area contributed by atoms with E-state index < -0.39 is 0 Å². The zero-order chi connectivity index (χ0) is 16.4. The average Bonchev–Trinajstić information content (AvgIpc) is 3.05. The van der Waals surface area contributed by atoms with Gasteiger partial charge in [0.1, 0.15) is 5.82 Å². The molecule has 1 aromatic heterocycles. The Kier molecular flexibility index (Phi) is 3.92. The van der Waals surface area contributed by atoms with Crippen LogP contribution in [0.3, 0.4) is 0 Å². The molecule has 2 heterocycles. The summed E-state index contributed by atoms with van der Waals surface area (Å²) in [7, 11) is 0. The molecule has 1 aliphatic rings. The number of halogens is 1. The van der Waals surface area contributed by atoms with E-state index in [0.717, 1.165) is 21.6 Å². The van der Waals surface area contributed by atoms with E-state index in [1.807, 2.05) is 48.5 Å². The lowest BCUT2D eigenvalue weighted by atomic mass is 10.3. The second-order valence-corrected chi connectivity index (χ2v) is 6.01. The lowest BCUT2D eigenvalue weighted by molar-refractivity contribution is 0.174. The monoisotopic (exact) mass is 384 g/mol. The zero-order valence-electron chi connectivity index (χ0n) is 12.5.